The fourth-order valence-electron chi connectivity index (χ4n) is 3.42. The number of hydrogen-bond acceptors (Lipinski definition) is 3. The molecular weight excluding hydrogens is 420 g/mol. The van der Waals surface area contributed by atoms with Crippen LogP contribution < -0.4 is 4.90 Å². The van der Waals surface area contributed by atoms with Gasteiger partial charge < -0.3 is 4.90 Å². The highest BCUT2D eigenvalue weighted by Crippen LogP contribution is 2.17. The minimum absolute atomic E-state index is 0.0634. The van der Waals surface area contributed by atoms with Gasteiger partial charge in [0.1, 0.15) is 0 Å². The van der Waals surface area contributed by atoms with Gasteiger partial charge in [-0.25, -0.2) is 0 Å². The normalized spacial score (nSPS) is 9.94. The molecule has 172 valence electrons. The van der Waals surface area contributed by atoms with Gasteiger partial charge >= 0.3 is 0 Å². The average molecular weight is 451 g/mol. The molecule has 3 aromatic carbocycles. The predicted octanol–water partition coefficient (Wildman–Crippen LogP) is 6.80. The van der Waals surface area contributed by atoms with E-state index in [4.69, 9.17) is 0 Å². The maximum atomic E-state index is 10.7. The number of unbranched alkanes of at least 4 members (excludes halogenated alkanes) is 2. The Balaban J connectivity index is 1.63. The van der Waals surface area contributed by atoms with Crippen LogP contribution in [0.5, 0.6) is 0 Å². The van der Waals surface area contributed by atoms with Crippen LogP contribution in [-0.4, -0.2) is 18.0 Å². The van der Waals surface area contributed by atoms with Crippen molar-refractivity contribution in [3.8, 4) is 23.7 Å². The first-order chi connectivity index (χ1) is 16.6. The van der Waals surface area contributed by atoms with E-state index in [9.17, 15) is 10.1 Å². The first-order valence-electron chi connectivity index (χ1n) is 11.8. The quantitative estimate of drug-likeness (QED) is 0.215. The third kappa shape index (κ3) is 7.54. The van der Waals surface area contributed by atoms with Crippen LogP contribution in [0.4, 0.5) is 11.4 Å². The molecule has 0 aliphatic heterocycles. The summed E-state index contributed by atoms with van der Waals surface area (Å²) in [5.41, 5.74) is 4.86. The second kappa shape index (κ2) is 12.9. The molecule has 0 atom stereocenters. The third-order valence-corrected chi connectivity index (χ3v) is 5.46. The van der Waals surface area contributed by atoms with Crippen molar-refractivity contribution in [2.75, 3.05) is 18.0 Å². The van der Waals surface area contributed by atoms with E-state index in [2.05, 4.69) is 66.7 Å². The Morgan fingerprint density at radius 2 is 1.00 bits per heavy atom. The zero-order valence-electron chi connectivity index (χ0n) is 19.9. The van der Waals surface area contributed by atoms with Crippen LogP contribution in [0.1, 0.15) is 61.8 Å². The number of hydrogen-bond donors (Lipinski definition) is 0. The lowest BCUT2D eigenvalue weighted by atomic mass is 10.1. The van der Waals surface area contributed by atoms with Crippen LogP contribution in [-0.2, 0) is 0 Å². The number of non-ortho nitro benzene ring substituents is 1. The summed E-state index contributed by atoms with van der Waals surface area (Å²) in [6.07, 6.45) is 4.82. The second-order valence-corrected chi connectivity index (χ2v) is 8.12. The molecule has 3 rings (SSSR count). The van der Waals surface area contributed by atoms with Crippen molar-refractivity contribution in [1.29, 1.82) is 0 Å². The molecule has 0 N–H and O–H groups in total. The molecule has 34 heavy (non-hydrogen) atoms. The van der Waals surface area contributed by atoms with E-state index in [1.54, 1.807) is 12.1 Å². The largest absolute Gasteiger partial charge is 0.372 e. The minimum Gasteiger partial charge on any atom is -0.372 e. The summed E-state index contributed by atoms with van der Waals surface area (Å²) in [7, 11) is 0. The first kappa shape index (κ1) is 24.6. The Labute approximate surface area is 202 Å². The fraction of sp³-hybridized carbons (Fsp3) is 0.267. The standard InChI is InChI=1S/C30H30N2O2/c1-3-5-23-31(24-6-4-2)29-19-15-27(16-20-29)13-11-25-7-9-26(10-8-25)12-14-28-17-21-30(22-18-28)32(33)34/h7-10,15-22H,3-6,23-24H2,1-2H3. The molecule has 0 unspecified atom stereocenters. The molecule has 0 aromatic heterocycles. The SMILES string of the molecule is CCCCN(CCCC)c1ccc(C#Cc2ccc(C#Cc3ccc([N+](=O)[O-])cc3)cc2)cc1. The summed E-state index contributed by atoms with van der Waals surface area (Å²) in [5.74, 6) is 12.6. The van der Waals surface area contributed by atoms with Crippen molar-refractivity contribution in [3.05, 3.63) is 105 Å². The van der Waals surface area contributed by atoms with Crippen LogP contribution in [0.2, 0.25) is 0 Å². The van der Waals surface area contributed by atoms with Crippen LogP contribution >= 0.6 is 0 Å². The van der Waals surface area contributed by atoms with Gasteiger partial charge in [-0.15, -0.1) is 0 Å². The van der Waals surface area contributed by atoms with Crippen molar-refractivity contribution in [1.82, 2.24) is 0 Å². The van der Waals surface area contributed by atoms with E-state index in [1.165, 1.54) is 43.5 Å². The van der Waals surface area contributed by atoms with Gasteiger partial charge in [0.15, 0.2) is 0 Å². The van der Waals surface area contributed by atoms with Gasteiger partial charge in [-0.1, -0.05) is 50.4 Å². The van der Waals surface area contributed by atoms with E-state index in [1.807, 2.05) is 24.3 Å². The van der Waals surface area contributed by atoms with Gasteiger partial charge in [0, 0.05) is 53.2 Å². The van der Waals surface area contributed by atoms with Gasteiger partial charge in [-0.05, 0) is 73.5 Å². The number of nitro benzene ring substituents is 1. The Morgan fingerprint density at radius 1 is 0.647 bits per heavy atom. The van der Waals surface area contributed by atoms with Gasteiger partial charge in [0.2, 0.25) is 0 Å². The first-order valence-corrected chi connectivity index (χ1v) is 11.8. The van der Waals surface area contributed by atoms with Gasteiger partial charge in [0.05, 0.1) is 4.92 Å². The summed E-state index contributed by atoms with van der Waals surface area (Å²) in [5, 5.41) is 10.7. The molecule has 3 aromatic rings. The second-order valence-electron chi connectivity index (χ2n) is 8.12. The minimum atomic E-state index is -0.416. The zero-order valence-corrected chi connectivity index (χ0v) is 19.9. The number of anilines is 1. The molecule has 0 spiro atoms. The lowest BCUT2D eigenvalue weighted by Gasteiger charge is -2.24. The molecule has 0 heterocycles. The molecule has 0 fully saturated rings. The molecule has 0 aliphatic rings. The topological polar surface area (TPSA) is 46.4 Å². The number of nitrogens with zero attached hydrogens (tertiary/aromatic N) is 2. The van der Waals surface area contributed by atoms with E-state index < -0.39 is 4.92 Å². The monoisotopic (exact) mass is 450 g/mol. The zero-order chi connectivity index (χ0) is 24.2. The molecular formula is C30H30N2O2. The molecule has 0 saturated heterocycles. The average Bonchev–Trinajstić information content (AvgIpc) is 2.87. The smallest absolute Gasteiger partial charge is 0.269 e. The number of benzene rings is 3. The molecule has 0 saturated carbocycles. The van der Waals surface area contributed by atoms with Crippen LogP contribution in [0.3, 0.4) is 0 Å². The van der Waals surface area contributed by atoms with Gasteiger partial charge in [-0.3, -0.25) is 10.1 Å². The summed E-state index contributed by atoms with van der Waals surface area (Å²) in [6, 6.07) is 22.6. The predicted molar refractivity (Wildman–Crippen MR) is 140 cm³/mol. The highest BCUT2D eigenvalue weighted by molar-refractivity contribution is 5.53. The maximum absolute atomic E-state index is 10.7. The van der Waals surface area contributed by atoms with E-state index in [-0.39, 0.29) is 5.69 Å². The third-order valence-electron chi connectivity index (χ3n) is 5.46. The molecule has 0 amide bonds. The molecule has 4 heteroatoms. The number of nitro groups is 1. The molecule has 0 aliphatic carbocycles. The highest BCUT2D eigenvalue weighted by Gasteiger charge is 2.05. The highest BCUT2D eigenvalue weighted by atomic mass is 16.6. The molecule has 0 radical (unpaired) electrons. The Morgan fingerprint density at radius 3 is 1.35 bits per heavy atom. The Bertz CT molecular complexity index is 1180. The van der Waals surface area contributed by atoms with Crippen LogP contribution in [0.25, 0.3) is 0 Å². The van der Waals surface area contributed by atoms with E-state index >= 15 is 0 Å². The molecule has 4 nitrogen and oxygen atoms in total. The lowest BCUT2D eigenvalue weighted by Crippen LogP contribution is -2.25. The summed E-state index contributed by atoms with van der Waals surface area (Å²) < 4.78 is 0. The fourth-order valence-corrected chi connectivity index (χ4v) is 3.42. The summed E-state index contributed by atoms with van der Waals surface area (Å²) >= 11 is 0. The van der Waals surface area contributed by atoms with Crippen molar-refractivity contribution < 1.29 is 4.92 Å². The Hall–Kier alpha value is -4.02. The van der Waals surface area contributed by atoms with Crippen molar-refractivity contribution in [2.45, 2.75) is 39.5 Å². The van der Waals surface area contributed by atoms with Crippen molar-refractivity contribution in [3.63, 3.8) is 0 Å². The summed E-state index contributed by atoms with van der Waals surface area (Å²) in [6.45, 7) is 6.66. The lowest BCUT2D eigenvalue weighted by molar-refractivity contribution is -0.384. The van der Waals surface area contributed by atoms with E-state index in [0.29, 0.717) is 0 Å². The van der Waals surface area contributed by atoms with Crippen LogP contribution in [0.15, 0.2) is 72.8 Å². The van der Waals surface area contributed by atoms with Gasteiger partial charge in [-0.2, -0.15) is 0 Å². The maximum Gasteiger partial charge on any atom is 0.269 e. The van der Waals surface area contributed by atoms with Crippen molar-refractivity contribution in [2.24, 2.45) is 0 Å². The Kier molecular flexibility index (Phi) is 9.32. The van der Waals surface area contributed by atoms with Crippen molar-refractivity contribution >= 4 is 11.4 Å². The number of rotatable bonds is 8. The summed E-state index contributed by atoms with van der Waals surface area (Å²) in [4.78, 5) is 12.8. The van der Waals surface area contributed by atoms with Gasteiger partial charge in [0.25, 0.3) is 5.69 Å². The van der Waals surface area contributed by atoms with Crippen LogP contribution in [0, 0.1) is 33.8 Å². The molecule has 0 bridgehead atoms. The van der Waals surface area contributed by atoms with E-state index in [0.717, 1.165) is 35.3 Å².